The lowest BCUT2D eigenvalue weighted by atomic mass is 10.1. The third kappa shape index (κ3) is 3.08. The second kappa shape index (κ2) is 6.08. The van der Waals surface area contributed by atoms with Gasteiger partial charge < -0.3 is 10.4 Å². The number of hydrogen-bond acceptors (Lipinski definition) is 5. The molecule has 6 heteroatoms. The molecule has 0 radical (unpaired) electrons. The van der Waals surface area contributed by atoms with Crippen LogP contribution in [0, 0.1) is 0 Å². The standard InChI is InChI=1S/C12H18ClN3OS/c1-3-4-8(7(2)17)14-11-10-9(5-6-18-10)15-12(13)16-11/h7-8,17H,3-6H2,1-2H3,(H,14,15,16). The largest absolute Gasteiger partial charge is 0.391 e. The van der Waals surface area contributed by atoms with Gasteiger partial charge in [0.05, 0.1) is 22.7 Å². The average molecular weight is 288 g/mol. The van der Waals surface area contributed by atoms with Crippen LogP contribution < -0.4 is 5.32 Å². The quantitative estimate of drug-likeness (QED) is 0.816. The van der Waals surface area contributed by atoms with Gasteiger partial charge in [0.2, 0.25) is 5.28 Å². The highest BCUT2D eigenvalue weighted by atomic mass is 35.5. The Labute approximate surface area is 117 Å². The fraction of sp³-hybridized carbons (Fsp3) is 0.667. The van der Waals surface area contributed by atoms with Gasteiger partial charge in [-0.05, 0) is 24.9 Å². The summed E-state index contributed by atoms with van der Waals surface area (Å²) in [5, 5.41) is 13.4. The van der Waals surface area contributed by atoms with Crippen molar-refractivity contribution in [1.29, 1.82) is 0 Å². The summed E-state index contributed by atoms with van der Waals surface area (Å²) >= 11 is 7.68. The predicted molar refractivity (Wildman–Crippen MR) is 75.5 cm³/mol. The van der Waals surface area contributed by atoms with Gasteiger partial charge in [-0.25, -0.2) is 4.98 Å². The van der Waals surface area contributed by atoms with E-state index in [4.69, 9.17) is 11.6 Å². The molecule has 1 aromatic heterocycles. The van der Waals surface area contributed by atoms with Crippen molar-refractivity contribution in [1.82, 2.24) is 9.97 Å². The second-order valence-electron chi connectivity index (χ2n) is 4.50. The van der Waals surface area contributed by atoms with Gasteiger partial charge in [-0.1, -0.05) is 13.3 Å². The van der Waals surface area contributed by atoms with Gasteiger partial charge in [0.1, 0.15) is 5.82 Å². The molecule has 0 saturated heterocycles. The van der Waals surface area contributed by atoms with Gasteiger partial charge >= 0.3 is 0 Å². The third-order valence-corrected chi connectivity index (χ3v) is 4.29. The van der Waals surface area contributed by atoms with Crippen molar-refractivity contribution in [2.24, 2.45) is 0 Å². The van der Waals surface area contributed by atoms with Crippen molar-refractivity contribution in [3.63, 3.8) is 0 Å². The van der Waals surface area contributed by atoms with Crippen LogP contribution in [-0.4, -0.2) is 33.0 Å². The summed E-state index contributed by atoms with van der Waals surface area (Å²) in [4.78, 5) is 9.59. The van der Waals surface area contributed by atoms with Crippen LogP contribution in [0.4, 0.5) is 5.82 Å². The molecular weight excluding hydrogens is 270 g/mol. The van der Waals surface area contributed by atoms with Crippen LogP contribution in [-0.2, 0) is 6.42 Å². The number of fused-ring (bicyclic) bond motifs is 1. The van der Waals surface area contributed by atoms with Gasteiger partial charge in [0, 0.05) is 12.2 Å². The molecule has 2 heterocycles. The first-order valence-corrected chi connectivity index (χ1v) is 7.62. The van der Waals surface area contributed by atoms with Gasteiger partial charge in [0.15, 0.2) is 0 Å². The van der Waals surface area contributed by atoms with E-state index >= 15 is 0 Å². The number of aromatic nitrogens is 2. The maximum Gasteiger partial charge on any atom is 0.224 e. The maximum absolute atomic E-state index is 9.78. The zero-order valence-corrected chi connectivity index (χ0v) is 12.2. The number of halogens is 1. The smallest absolute Gasteiger partial charge is 0.224 e. The molecule has 100 valence electrons. The van der Waals surface area contributed by atoms with Crippen LogP contribution >= 0.6 is 23.4 Å². The van der Waals surface area contributed by atoms with Crippen LogP contribution in [0.1, 0.15) is 32.4 Å². The lowest BCUT2D eigenvalue weighted by Gasteiger charge is -2.22. The molecule has 18 heavy (non-hydrogen) atoms. The molecule has 1 aliphatic rings. The molecule has 1 aliphatic heterocycles. The Balaban J connectivity index is 2.22. The second-order valence-corrected chi connectivity index (χ2v) is 5.94. The number of thioether (sulfide) groups is 1. The van der Waals surface area contributed by atoms with Crippen molar-refractivity contribution in [3.05, 3.63) is 11.0 Å². The first kappa shape index (κ1) is 13.9. The molecule has 0 bridgehead atoms. The molecule has 0 aliphatic carbocycles. The Hall–Kier alpha value is -0.520. The van der Waals surface area contributed by atoms with Crippen molar-refractivity contribution in [2.75, 3.05) is 11.1 Å². The molecule has 0 aromatic carbocycles. The lowest BCUT2D eigenvalue weighted by molar-refractivity contribution is 0.166. The van der Waals surface area contributed by atoms with E-state index in [1.165, 1.54) is 0 Å². The average Bonchev–Trinajstić information content (AvgIpc) is 2.76. The zero-order valence-electron chi connectivity index (χ0n) is 10.6. The number of nitrogens with one attached hydrogen (secondary N) is 1. The molecule has 0 amide bonds. The highest BCUT2D eigenvalue weighted by Gasteiger charge is 2.22. The molecule has 2 N–H and O–H groups in total. The van der Waals surface area contributed by atoms with E-state index in [2.05, 4.69) is 22.2 Å². The fourth-order valence-electron chi connectivity index (χ4n) is 2.06. The summed E-state index contributed by atoms with van der Waals surface area (Å²) in [5.41, 5.74) is 1.02. The van der Waals surface area contributed by atoms with Crippen LogP contribution in [0.2, 0.25) is 5.28 Å². The van der Waals surface area contributed by atoms with Gasteiger partial charge in [-0.3, -0.25) is 0 Å². The zero-order chi connectivity index (χ0) is 13.1. The summed E-state index contributed by atoms with van der Waals surface area (Å²) in [6.07, 6.45) is 2.43. The number of anilines is 1. The SMILES string of the molecule is CCCC(Nc1nc(Cl)nc2c1SCC2)C(C)O. The predicted octanol–water partition coefficient (Wildman–Crippen LogP) is 2.74. The summed E-state index contributed by atoms with van der Waals surface area (Å²) in [6, 6.07) is 0.00580. The highest BCUT2D eigenvalue weighted by Crippen LogP contribution is 2.36. The number of rotatable bonds is 5. The molecular formula is C12H18ClN3OS. The molecule has 2 rings (SSSR count). The van der Waals surface area contributed by atoms with Crippen LogP contribution in [0.3, 0.4) is 0 Å². The van der Waals surface area contributed by atoms with Crippen LogP contribution in [0.15, 0.2) is 4.90 Å². The number of aliphatic hydroxyl groups excluding tert-OH is 1. The van der Waals surface area contributed by atoms with E-state index in [1.807, 2.05) is 0 Å². The molecule has 4 nitrogen and oxygen atoms in total. The van der Waals surface area contributed by atoms with Crippen molar-refractivity contribution in [3.8, 4) is 0 Å². The monoisotopic (exact) mass is 287 g/mol. The van der Waals surface area contributed by atoms with Crippen molar-refractivity contribution in [2.45, 2.75) is 50.2 Å². The Morgan fingerprint density at radius 2 is 2.28 bits per heavy atom. The van der Waals surface area contributed by atoms with E-state index in [0.717, 1.165) is 41.4 Å². The van der Waals surface area contributed by atoms with E-state index < -0.39 is 6.10 Å². The van der Waals surface area contributed by atoms with Crippen molar-refractivity contribution < 1.29 is 5.11 Å². The van der Waals surface area contributed by atoms with Crippen LogP contribution in [0.25, 0.3) is 0 Å². The lowest BCUT2D eigenvalue weighted by Crippen LogP contribution is -2.31. The number of aryl methyl sites for hydroxylation is 1. The Morgan fingerprint density at radius 3 is 2.94 bits per heavy atom. The number of nitrogens with zero attached hydrogens (tertiary/aromatic N) is 2. The normalized spacial score (nSPS) is 17.3. The molecule has 2 unspecified atom stereocenters. The number of hydrogen-bond donors (Lipinski definition) is 2. The minimum atomic E-state index is -0.416. The van der Waals surface area contributed by atoms with Crippen LogP contribution in [0.5, 0.6) is 0 Å². The molecule has 0 saturated carbocycles. The van der Waals surface area contributed by atoms with Gasteiger partial charge in [-0.2, -0.15) is 4.98 Å². The Kier molecular flexibility index (Phi) is 4.70. The van der Waals surface area contributed by atoms with E-state index in [0.29, 0.717) is 0 Å². The molecule has 1 aromatic rings. The molecule has 0 spiro atoms. The molecule has 0 fully saturated rings. The van der Waals surface area contributed by atoms with Gasteiger partial charge in [-0.15, -0.1) is 11.8 Å². The minimum absolute atomic E-state index is 0.00580. The first-order valence-electron chi connectivity index (χ1n) is 6.25. The minimum Gasteiger partial charge on any atom is -0.391 e. The highest BCUT2D eigenvalue weighted by molar-refractivity contribution is 7.99. The van der Waals surface area contributed by atoms with E-state index in [-0.39, 0.29) is 11.3 Å². The van der Waals surface area contributed by atoms with Gasteiger partial charge in [0.25, 0.3) is 0 Å². The summed E-state index contributed by atoms with van der Waals surface area (Å²) in [6.45, 7) is 3.90. The Bertz CT molecular complexity index is 428. The van der Waals surface area contributed by atoms with E-state index in [1.54, 1.807) is 18.7 Å². The van der Waals surface area contributed by atoms with Crippen molar-refractivity contribution >= 4 is 29.2 Å². The fourth-order valence-corrected chi connectivity index (χ4v) is 3.30. The maximum atomic E-state index is 9.78. The third-order valence-electron chi connectivity index (χ3n) is 3.00. The summed E-state index contributed by atoms with van der Waals surface area (Å²) in [7, 11) is 0. The molecule has 2 atom stereocenters. The summed E-state index contributed by atoms with van der Waals surface area (Å²) in [5.74, 6) is 1.79. The summed E-state index contributed by atoms with van der Waals surface area (Å²) < 4.78 is 0. The topological polar surface area (TPSA) is 58.0 Å². The number of aliphatic hydroxyl groups is 1. The van der Waals surface area contributed by atoms with E-state index in [9.17, 15) is 5.11 Å². The Morgan fingerprint density at radius 1 is 1.50 bits per heavy atom. The first-order chi connectivity index (χ1) is 8.61.